The minimum Gasteiger partial charge on any atom is -0.372 e. The zero-order valence-electron chi connectivity index (χ0n) is 11.9. The predicted molar refractivity (Wildman–Crippen MR) is 79.7 cm³/mol. The van der Waals surface area contributed by atoms with Crippen LogP contribution in [0.2, 0.25) is 0 Å². The van der Waals surface area contributed by atoms with Crippen LogP contribution < -0.4 is 10.2 Å². The molecule has 2 heterocycles. The van der Waals surface area contributed by atoms with Gasteiger partial charge in [0.2, 0.25) is 0 Å². The molecule has 0 saturated carbocycles. The molecule has 0 amide bonds. The van der Waals surface area contributed by atoms with Crippen molar-refractivity contribution in [3.8, 4) is 0 Å². The molecule has 2 aromatic rings. The molecule has 0 atom stereocenters. The molecule has 3 rings (SSSR count). The van der Waals surface area contributed by atoms with Gasteiger partial charge in [-0.25, -0.2) is 0 Å². The molecule has 1 aliphatic heterocycles. The highest BCUT2D eigenvalue weighted by atomic mass is 16.5. The van der Waals surface area contributed by atoms with Crippen LogP contribution in [0, 0.1) is 6.92 Å². The largest absolute Gasteiger partial charge is 0.372 e. The Bertz CT molecular complexity index is 541. The summed E-state index contributed by atoms with van der Waals surface area (Å²) in [5.41, 5.74) is 3.60. The molecule has 1 aromatic heterocycles. The topological polar surface area (TPSA) is 41.3 Å². The van der Waals surface area contributed by atoms with Crippen LogP contribution in [-0.4, -0.2) is 18.2 Å². The number of nitrogens with one attached hydrogen (secondary N) is 1. The Morgan fingerprint density at radius 1 is 1.15 bits per heavy atom. The van der Waals surface area contributed by atoms with E-state index < -0.39 is 0 Å². The molecule has 4 heteroatoms. The number of aryl methyl sites for hydroxylation is 1. The van der Waals surface area contributed by atoms with E-state index in [0.717, 1.165) is 24.5 Å². The van der Waals surface area contributed by atoms with Crippen LogP contribution in [0.1, 0.15) is 29.9 Å². The maximum atomic E-state index is 5.04. The van der Waals surface area contributed by atoms with Crippen molar-refractivity contribution < 1.29 is 4.52 Å². The highest BCUT2D eigenvalue weighted by molar-refractivity contribution is 5.48. The summed E-state index contributed by atoms with van der Waals surface area (Å²) in [6.45, 7) is 5.90. The van der Waals surface area contributed by atoms with E-state index >= 15 is 0 Å². The number of hydrogen-bond acceptors (Lipinski definition) is 4. The lowest BCUT2D eigenvalue weighted by Crippen LogP contribution is -2.17. The molecular formula is C16H21N3O. The number of rotatable bonds is 5. The van der Waals surface area contributed by atoms with Gasteiger partial charge in [0.05, 0.1) is 5.69 Å². The fraction of sp³-hybridized carbons (Fsp3) is 0.438. The smallest absolute Gasteiger partial charge is 0.133 e. The van der Waals surface area contributed by atoms with E-state index in [4.69, 9.17) is 4.52 Å². The van der Waals surface area contributed by atoms with Crippen LogP contribution in [0.4, 0.5) is 5.69 Å². The van der Waals surface area contributed by atoms with Gasteiger partial charge in [-0.15, -0.1) is 0 Å². The summed E-state index contributed by atoms with van der Waals surface area (Å²) in [6.07, 6.45) is 2.64. The fourth-order valence-corrected chi connectivity index (χ4v) is 2.64. The number of benzene rings is 1. The zero-order chi connectivity index (χ0) is 13.8. The molecule has 1 aromatic carbocycles. The van der Waals surface area contributed by atoms with Gasteiger partial charge in [-0.05, 0) is 37.5 Å². The zero-order valence-corrected chi connectivity index (χ0v) is 11.9. The van der Waals surface area contributed by atoms with E-state index in [1.54, 1.807) is 0 Å². The third-order valence-corrected chi connectivity index (χ3v) is 3.72. The van der Waals surface area contributed by atoms with Crippen molar-refractivity contribution in [3.05, 3.63) is 47.3 Å². The van der Waals surface area contributed by atoms with Crippen LogP contribution in [0.25, 0.3) is 0 Å². The van der Waals surface area contributed by atoms with E-state index in [-0.39, 0.29) is 0 Å². The second kappa shape index (κ2) is 6.09. The molecule has 1 saturated heterocycles. The van der Waals surface area contributed by atoms with Crippen LogP contribution in [0.15, 0.2) is 34.9 Å². The quantitative estimate of drug-likeness (QED) is 0.908. The van der Waals surface area contributed by atoms with Crippen LogP contribution >= 0.6 is 0 Å². The molecular weight excluding hydrogens is 250 g/mol. The average molecular weight is 271 g/mol. The predicted octanol–water partition coefficient (Wildman–Crippen LogP) is 2.87. The summed E-state index contributed by atoms with van der Waals surface area (Å²) in [5, 5.41) is 7.35. The van der Waals surface area contributed by atoms with Gasteiger partial charge in [0.15, 0.2) is 0 Å². The van der Waals surface area contributed by atoms with Gasteiger partial charge >= 0.3 is 0 Å². The first kappa shape index (κ1) is 13.2. The van der Waals surface area contributed by atoms with Crippen molar-refractivity contribution in [1.29, 1.82) is 0 Å². The summed E-state index contributed by atoms with van der Waals surface area (Å²) < 4.78 is 5.04. The highest BCUT2D eigenvalue weighted by Crippen LogP contribution is 2.20. The van der Waals surface area contributed by atoms with Gasteiger partial charge in [0.25, 0.3) is 0 Å². The second-order valence-corrected chi connectivity index (χ2v) is 5.39. The third kappa shape index (κ3) is 3.20. The Morgan fingerprint density at radius 2 is 1.90 bits per heavy atom. The van der Waals surface area contributed by atoms with Crippen molar-refractivity contribution in [2.75, 3.05) is 18.0 Å². The van der Waals surface area contributed by atoms with Crippen molar-refractivity contribution in [2.24, 2.45) is 0 Å². The van der Waals surface area contributed by atoms with Crippen molar-refractivity contribution in [2.45, 2.75) is 32.9 Å². The van der Waals surface area contributed by atoms with Gasteiger partial charge in [-0.1, -0.05) is 17.3 Å². The Labute approximate surface area is 119 Å². The van der Waals surface area contributed by atoms with E-state index in [0.29, 0.717) is 0 Å². The van der Waals surface area contributed by atoms with E-state index in [1.165, 1.54) is 37.2 Å². The van der Waals surface area contributed by atoms with E-state index in [9.17, 15) is 0 Å². The fourth-order valence-electron chi connectivity index (χ4n) is 2.64. The number of aromatic nitrogens is 1. The van der Waals surface area contributed by atoms with Crippen LogP contribution in [0.3, 0.4) is 0 Å². The Balaban J connectivity index is 1.50. The van der Waals surface area contributed by atoms with Crippen LogP contribution in [0.5, 0.6) is 0 Å². The first-order valence-electron chi connectivity index (χ1n) is 7.28. The number of hydrogen-bond donors (Lipinski definition) is 1. The monoisotopic (exact) mass is 271 g/mol. The lowest BCUT2D eigenvalue weighted by Gasteiger charge is -2.17. The molecule has 1 aliphatic rings. The molecule has 1 N–H and O–H groups in total. The lowest BCUT2D eigenvalue weighted by molar-refractivity contribution is 0.388. The first-order valence-corrected chi connectivity index (χ1v) is 7.28. The third-order valence-electron chi connectivity index (χ3n) is 3.72. The summed E-state index contributed by atoms with van der Waals surface area (Å²) >= 11 is 0. The SMILES string of the molecule is Cc1cc(CNCc2ccc(N3CCCC3)cc2)no1. The van der Waals surface area contributed by atoms with Gasteiger partial charge < -0.3 is 14.7 Å². The number of anilines is 1. The Hall–Kier alpha value is -1.81. The standard InChI is InChI=1S/C16H21N3O/c1-13-10-15(18-20-13)12-17-11-14-4-6-16(7-5-14)19-8-2-3-9-19/h4-7,10,17H,2-3,8-9,11-12H2,1H3. The van der Waals surface area contributed by atoms with E-state index in [2.05, 4.69) is 39.6 Å². The average Bonchev–Trinajstić information content (AvgIpc) is 3.11. The molecule has 106 valence electrons. The molecule has 0 spiro atoms. The Kier molecular flexibility index (Phi) is 4.02. The highest BCUT2D eigenvalue weighted by Gasteiger charge is 2.11. The summed E-state index contributed by atoms with van der Waals surface area (Å²) in [4.78, 5) is 2.45. The van der Waals surface area contributed by atoms with Crippen molar-refractivity contribution in [3.63, 3.8) is 0 Å². The molecule has 0 unspecified atom stereocenters. The lowest BCUT2D eigenvalue weighted by atomic mass is 10.2. The van der Waals surface area contributed by atoms with Gasteiger partial charge in [0.1, 0.15) is 5.76 Å². The normalized spacial score (nSPS) is 14.9. The maximum Gasteiger partial charge on any atom is 0.133 e. The molecule has 4 nitrogen and oxygen atoms in total. The van der Waals surface area contributed by atoms with Crippen molar-refractivity contribution in [1.82, 2.24) is 10.5 Å². The molecule has 20 heavy (non-hydrogen) atoms. The molecule has 0 bridgehead atoms. The maximum absolute atomic E-state index is 5.04. The van der Waals surface area contributed by atoms with Crippen LogP contribution in [-0.2, 0) is 13.1 Å². The first-order chi connectivity index (χ1) is 9.81. The minimum atomic E-state index is 0.741. The number of nitrogens with zero attached hydrogens (tertiary/aromatic N) is 2. The van der Waals surface area contributed by atoms with E-state index in [1.807, 2.05) is 13.0 Å². The molecule has 1 fully saturated rings. The van der Waals surface area contributed by atoms with Gasteiger partial charge in [-0.3, -0.25) is 0 Å². The second-order valence-electron chi connectivity index (χ2n) is 5.39. The Morgan fingerprint density at radius 3 is 2.55 bits per heavy atom. The van der Waals surface area contributed by atoms with Gasteiger partial charge in [0, 0.05) is 37.9 Å². The summed E-state index contributed by atoms with van der Waals surface area (Å²) in [6, 6.07) is 10.8. The summed E-state index contributed by atoms with van der Waals surface area (Å²) in [7, 11) is 0. The van der Waals surface area contributed by atoms with Gasteiger partial charge in [-0.2, -0.15) is 0 Å². The molecule has 0 radical (unpaired) electrons. The summed E-state index contributed by atoms with van der Waals surface area (Å²) in [5.74, 6) is 0.858. The molecule has 0 aliphatic carbocycles. The minimum absolute atomic E-state index is 0.741. The van der Waals surface area contributed by atoms with Crippen molar-refractivity contribution >= 4 is 5.69 Å².